The third-order valence-electron chi connectivity index (χ3n) is 2.94. The molecule has 1 aromatic carbocycles. The standard InChI is InChI=1S/C13H12FN3OS/c1-7(15-2)12-16-17-13(18-12)11-5-8-3-4-9(14)6-10(8)19-11/h3-7,15H,1-2H3. The Bertz CT molecular complexity index is 722. The number of nitrogens with zero attached hydrogens (tertiary/aromatic N) is 2. The van der Waals surface area contributed by atoms with Gasteiger partial charge in [0.25, 0.3) is 5.89 Å². The van der Waals surface area contributed by atoms with Crippen LogP contribution in [0.3, 0.4) is 0 Å². The van der Waals surface area contributed by atoms with Gasteiger partial charge in [-0.05, 0) is 37.6 Å². The van der Waals surface area contributed by atoms with Crippen molar-refractivity contribution in [2.24, 2.45) is 0 Å². The Morgan fingerprint density at radius 1 is 1.32 bits per heavy atom. The van der Waals surface area contributed by atoms with Crippen LogP contribution < -0.4 is 5.32 Å². The van der Waals surface area contributed by atoms with E-state index in [1.165, 1.54) is 23.5 Å². The van der Waals surface area contributed by atoms with Gasteiger partial charge >= 0.3 is 0 Å². The van der Waals surface area contributed by atoms with Crippen LogP contribution in [0.25, 0.3) is 20.9 Å². The van der Waals surface area contributed by atoms with Crippen LogP contribution in [-0.4, -0.2) is 17.2 Å². The van der Waals surface area contributed by atoms with Gasteiger partial charge in [-0.1, -0.05) is 6.07 Å². The summed E-state index contributed by atoms with van der Waals surface area (Å²) in [7, 11) is 1.83. The summed E-state index contributed by atoms with van der Waals surface area (Å²) in [5.41, 5.74) is 0. The first-order chi connectivity index (χ1) is 9.17. The maximum Gasteiger partial charge on any atom is 0.257 e. The zero-order valence-electron chi connectivity index (χ0n) is 10.5. The van der Waals surface area contributed by atoms with Gasteiger partial charge in [0.2, 0.25) is 5.89 Å². The summed E-state index contributed by atoms with van der Waals surface area (Å²) >= 11 is 1.44. The lowest BCUT2D eigenvalue weighted by atomic mass is 10.2. The summed E-state index contributed by atoms with van der Waals surface area (Å²) < 4.78 is 19.6. The molecule has 0 spiro atoms. The van der Waals surface area contributed by atoms with Crippen molar-refractivity contribution >= 4 is 21.4 Å². The van der Waals surface area contributed by atoms with Crippen molar-refractivity contribution in [1.29, 1.82) is 0 Å². The first-order valence-electron chi connectivity index (χ1n) is 5.87. The van der Waals surface area contributed by atoms with Crippen molar-refractivity contribution < 1.29 is 8.81 Å². The van der Waals surface area contributed by atoms with E-state index in [4.69, 9.17) is 4.42 Å². The number of rotatable bonds is 3. The highest BCUT2D eigenvalue weighted by molar-refractivity contribution is 7.22. The van der Waals surface area contributed by atoms with Gasteiger partial charge in [-0.25, -0.2) is 4.39 Å². The fourth-order valence-corrected chi connectivity index (χ4v) is 2.75. The van der Waals surface area contributed by atoms with Crippen LogP contribution in [0.4, 0.5) is 4.39 Å². The van der Waals surface area contributed by atoms with Crippen LogP contribution >= 0.6 is 11.3 Å². The Balaban J connectivity index is 2.01. The van der Waals surface area contributed by atoms with Crippen LogP contribution in [0, 0.1) is 5.82 Å². The van der Waals surface area contributed by atoms with Crippen LogP contribution in [-0.2, 0) is 0 Å². The number of hydrogen-bond donors (Lipinski definition) is 1. The molecule has 4 nitrogen and oxygen atoms in total. The summed E-state index contributed by atoms with van der Waals surface area (Å²) in [5.74, 6) is 0.774. The quantitative estimate of drug-likeness (QED) is 0.797. The summed E-state index contributed by atoms with van der Waals surface area (Å²) in [6.07, 6.45) is 0. The molecule has 19 heavy (non-hydrogen) atoms. The highest BCUT2D eigenvalue weighted by Gasteiger charge is 2.15. The molecule has 0 aliphatic rings. The molecule has 2 heterocycles. The zero-order chi connectivity index (χ0) is 13.4. The first kappa shape index (κ1) is 12.3. The second-order valence-corrected chi connectivity index (χ2v) is 5.33. The number of fused-ring (bicyclic) bond motifs is 1. The Labute approximate surface area is 113 Å². The van der Waals surface area contributed by atoms with Gasteiger partial charge in [0.15, 0.2) is 0 Å². The molecule has 0 radical (unpaired) electrons. The number of aromatic nitrogens is 2. The lowest BCUT2D eigenvalue weighted by molar-refractivity contribution is 0.442. The van der Waals surface area contributed by atoms with E-state index in [0.717, 1.165) is 15.0 Å². The highest BCUT2D eigenvalue weighted by Crippen LogP contribution is 2.33. The van der Waals surface area contributed by atoms with Gasteiger partial charge in [-0.2, -0.15) is 0 Å². The van der Waals surface area contributed by atoms with E-state index in [1.54, 1.807) is 6.07 Å². The molecule has 1 unspecified atom stereocenters. The fourth-order valence-electron chi connectivity index (χ4n) is 1.74. The first-order valence-corrected chi connectivity index (χ1v) is 6.69. The SMILES string of the molecule is CNC(C)c1nnc(-c2cc3ccc(F)cc3s2)o1. The monoisotopic (exact) mass is 277 g/mol. The molecule has 0 aliphatic heterocycles. The van der Waals surface area contributed by atoms with E-state index in [-0.39, 0.29) is 11.9 Å². The minimum absolute atomic E-state index is 0.00747. The summed E-state index contributed by atoms with van der Waals surface area (Å²) in [6, 6.07) is 6.64. The minimum Gasteiger partial charge on any atom is -0.418 e. The molecule has 0 saturated heterocycles. The largest absolute Gasteiger partial charge is 0.418 e. The van der Waals surface area contributed by atoms with Crippen molar-refractivity contribution in [2.75, 3.05) is 7.05 Å². The maximum absolute atomic E-state index is 13.2. The topological polar surface area (TPSA) is 51.0 Å². The van der Waals surface area contributed by atoms with E-state index in [0.29, 0.717) is 11.8 Å². The summed E-state index contributed by atoms with van der Waals surface area (Å²) in [4.78, 5) is 0.850. The average molecular weight is 277 g/mol. The predicted octanol–water partition coefficient (Wildman–Crippen LogP) is 3.37. The van der Waals surface area contributed by atoms with Crippen LogP contribution in [0.15, 0.2) is 28.7 Å². The van der Waals surface area contributed by atoms with E-state index < -0.39 is 0 Å². The van der Waals surface area contributed by atoms with E-state index >= 15 is 0 Å². The number of thiophene rings is 1. The van der Waals surface area contributed by atoms with Crippen molar-refractivity contribution in [3.8, 4) is 10.8 Å². The van der Waals surface area contributed by atoms with Crippen molar-refractivity contribution in [3.05, 3.63) is 36.0 Å². The smallest absolute Gasteiger partial charge is 0.257 e. The van der Waals surface area contributed by atoms with Crippen LogP contribution in [0.2, 0.25) is 0 Å². The number of hydrogen-bond acceptors (Lipinski definition) is 5. The van der Waals surface area contributed by atoms with Crippen molar-refractivity contribution in [3.63, 3.8) is 0 Å². The number of halogens is 1. The molecular formula is C13H12FN3OS. The molecule has 0 amide bonds. The van der Waals surface area contributed by atoms with Crippen molar-refractivity contribution in [1.82, 2.24) is 15.5 Å². The lowest BCUT2D eigenvalue weighted by Crippen LogP contribution is -2.12. The van der Waals surface area contributed by atoms with E-state index in [1.807, 2.05) is 20.0 Å². The lowest BCUT2D eigenvalue weighted by Gasteiger charge is -2.01. The Morgan fingerprint density at radius 2 is 2.16 bits per heavy atom. The normalized spacial score (nSPS) is 13.0. The van der Waals surface area contributed by atoms with Gasteiger partial charge in [-0.3, -0.25) is 0 Å². The van der Waals surface area contributed by atoms with E-state index in [9.17, 15) is 4.39 Å². The molecule has 6 heteroatoms. The highest BCUT2D eigenvalue weighted by atomic mass is 32.1. The summed E-state index contributed by atoms with van der Waals surface area (Å²) in [6.45, 7) is 1.94. The fraction of sp³-hybridized carbons (Fsp3) is 0.231. The molecule has 1 N–H and O–H groups in total. The minimum atomic E-state index is -0.240. The average Bonchev–Trinajstić information content (AvgIpc) is 3.03. The number of nitrogens with one attached hydrogen (secondary N) is 1. The molecule has 2 aromatic heterocycles. The summed E-state index contributed by atoms with van der Waals surface area (Å²) in [5, 5.41) is 12.1. The Morgan fingerprint density at radius 3 is 2.95 bits per heavy atom. The van der Waals surface area contributed by atoms with Gasteiger partial charge in [0, 0.05) is 4.70 Å². The van der Waals surface area contributed by atoms with Crippen molar-refractivity contribution in [2.45, 2.75) is 13.0 Å². The Kier molecular flexibility index (Phi) is 3.04. The molecule has 1 atom stereocenters. The van der Waals surface area contributed by atoms with Crippen LogP contribution in [0.1, 0.15) is 18.9 Å². The molecule has 0 bridgehead atoms. The molecule has 3 rings (SSSR count). The second-order valence-electron chi connectivity index (χ2n) is 4.25. The van der Waals surface area contributed by atoms with Gasteiger partial charge in [0.1, 0.15) is 5.82 Å². The Hall–Kier alpha value is -1.79. The molecule has 0 aliphatic carbocycles. The molecule has 0 fully saturated rings. The van der Waals surface area contributed by atoms with Gasteiger partial charge in [-0.15, -0.1) is 21.5 Å². The predicted molar refractivity (Wildman–Crippen MR) is 72.5 cm³/mol. The third kappa shape index (κ3) is 2.24. The molecule has 0 saturated carbocycles. The number of benzene rings is 1. The molecular weight excluding hydrogens is 265 g/mol. The van der Waals surface area contributed by atoms with Gasteiger partial charge < -0.3 is 9.73 Å². The molecule has 98 valence electrons. The zero-order valence-corrected chi connectivity index (χ0v) is 11.3. The van der Waals surface area contributed by atoms with E-state index in [2.05, 4.69) is 15.5 Å². The second kappa shape index (κ2) is 4.71. The van der Waals surface area contributed by atoms with Crippen LogP contribution in [0.5, 0.6) is 0 Å². The molecule has 3 aromatic rings. The third-order valence-corrected chi connectivity index (χ3v) is 4.02. The van der Waals surface area contributed by atoms with Gasteiger partial charge in [0.05, 0.1) is 10.9 Å². The maximum atomic E-state index is 13.2.